The molecule has 1 aromatic rings. The molecule has 21 heavy (non-hydrogen) atoms. The van der Waals surface area contributed by atoms with Gasteiger partial charge < -0.3 is 10.2 Å². The first-order chi connectivity index (χ1) is 10.1. The molecule has 2 fully saturated rings. The van der Waals surface area contributed by atoms with Crippen molar-refractivity contribution < 1.29 is 0 Å². The summed E-state index contributed by atoms with van der Waals surface area (Å²) in [4.78, 5) is 8.96. The van der Waals surface area contributed by atoms with Crippen molar-refractivity contribution in [3.63, 3.8) is 0 Å². The summed E-state index contributed by atoms with van der Waals surface area (Å²) < 4.78 is 0. The molecule has 0 unspecified atom stereocenters. The minimum Gasteiger partial charge on any atom is -0.348 e. The minimum absolute atomic E-state index is 0.711. The third-order valence-electron chi connectivity index (χ3n) is 4.69. The van der Waals surface area contributed by atoms with Crippen LogP contribution in [0.15, 0.2) is 0 Å². The Bertz CT molecular complexity index is 459. The SMILES string of the molecule is CC(C)CNCc1sc(N(C)C2CCCC2)nc1C1CC1. The highest BCUT2D eigenvalue weighted by Crippen LogP contribution is 2.44. The molecule has 3 nitrogen and oxygen atoms in total. The van der Waals surface area contributed by atoms with Crippen LogP contribution in [0.5, 0.6) is 0 Å². The zero-order valence-electron chi connectivity index (χ0n) is 13.7. The monoisotopic (exact) mass is 307 g/mol. The summed E-state index contributed by atoms with van der Waals surface area (Å²) in [6, 6.07) is 0.722. The lowest BCUT2D eigenvalue weighted by Crippen LogP contribution is -2.28. The van der Waals surface area contributed by atoms with Crippen LogP contribution < -0.4 is 10.2 Å². The van der Waals surface area contributed by atoms with Crippen LogP contribution in [0.25, 0.3) is 0 Å². The summed E-state index contributed by atoms with van der Waals surface area (Å²) in [6.07, 6.45) is 8.14. The van der Waals surface area contributed by atoms with Crippen LogP contribution in [0.2, 0.25) is 0 Å². The smallest absolute Gasteiger partial charge is 0.185 e. The van der Waals surface area contributed by atoms with Crippen LogP contribution in [0.1, 0.15) is 68.9 Å². The first-order valence-corrected chi connectivity index (χ1v) is 9.40. The van der Waals surface area contributed by atoms with E-state index in [1.807, 2.05) is 11.3 Å². The van der Waals surface area contributed by atoms with E-state index >= 15 is 0 Å². The van der Waals surface area contributed by atoms with E-state index in [0.29, 0.717) is 5.92 Å². The van der Waals surface area contributed by atoms with Crippen LogP contribution >= 0.6 is 11.3 Å². The predicted octanol–water partition coefficient (Wildman–Crippen LogP) is 4.14. The summed E-state index contributed by atoms with van der Waals surface area (Å²) in [7, 11) is 2.25. The van der Waals surface area contributed by atoms with Gasteiger partial charge in [0.1, 0.15) is 0 Å². The molecule has 0 amide bonds. The molecule has 0 aromatic carbocycles. The molecule has 0 spiro atoms. The highest BCUT2D eigenvalue weighted by atomic mass is 32.1. The summed E-state index contributed by atoms with van der Waals surface area (Å²) in [5, 5.41) is 4.85. The van der Waals surface area contributed by atoms with E-state index < -0.39 is 0 Å². The molecule has 0 saturated heterocycles. The van der Waals surface area contributed by atoms with Crippen LogP contribution in [0, 0.1) is 5.92 Å². The van der Waals surface area contributed by atoms with Crippen molar-refractivity contribution in [3.8, 4) is 0 Å². The van der Waals surface area contributed by atoms with E-state index in [4.69, 9.17) is 4.98 Å². The van der Waals surface area contributed by atoms with E-state index in [-0.39, 0.29) is 0 Å². The molecule has 4 heteroatoms. The van der Waals surface area contributed by atoms with Gasteiger partial charge in [-0.1, -0.05) is 26.7 Å². The zero-order valence-corrected chi connectivity index (χ0v) is 14.5. The Morgan fingerprint density at radius 3 is 2.57 bits per heavy atom. The largest absolute Gasteiger partial charge is 0.348 e. The molecule has 1 N–H and O–H groups in total. The van der Waals surface area contributed by atoms with Crippen LogP contribution in [-0.2, 0) is 6.54 Å². The van der Waals surface area contributed by atoms with Gasteiger partial charge in [0, 0.05) is 30.4 Å². The second kappa shape index (κ2) is 6.66. The fraction of sp³-hybridized carbons (Fsp3) is 0.824. The first kappa shape index (κ1) is 15.3. The summed E-state index contributed by atoms with van der Waals surface area (Å²) in [5.74, 6) is 1.46. The highest BCUT2D eigenvalue weighted by Gasteiger charge is 2.31. The maximum atomic E-state index is 5.02. The summed E-state index contributed by atoms with van der Waals surface area (Å²) in [5.41, 5.74) is 1.40. The Morgan fingerprint density at radius 2 is 1.95 bits per heavy atom. The van der Waals surface area contributed by atoms with Gasteiger partial charge in [-0.25, -0.2) is 4.98 Å². The van der Waals surface area contributed by atoms with Gasteiger partial charge >= 0.3 is 0 Å². The van der Waals surface area contributed by atoms with E-state index in [0.717, 1.165) is 25.0 Å². The molecule has 0 radical (unpaired) electrons. The molecule has 1 aromatic heterocycles. The van der Waals surface area contributed by atoms with Gasteiger partial charge in [0.25, 0.3) is 0 Å². The molecule has 0 aliphatic heterocycles. The number of hydrogen-bond acceptors (Lipinski definition) is 4. The highest BCUT2D eigenvalue weighted by molar-refractivity contribution is 7.15. The van der Waals surface area contributed by atoms with Crippen molar-refractivity contribution in [1.29, 1.82) is 0 Å². The van der Waals surface area contributed by atoms with Gasteiger partial charge in [-0.2, -0.15) is 0 Å². The molecule has 1 heterocycles. The van der Waals surface area contributed by atoms with Crippen molar-refractivity contribution >= 4 is 16.5 Å². The molecule has 0 bridgehead atoms. The maximum Gasteiger partial charge on any atom is 0.185 e. The van der Waals surface area contributed by atoms with E-state index in [2.05, 4.69) is 31.1 Å². The van der Waals surface area contributed by atoms with E-state index in [1.54, 1.807) is 0 Å². The van der Waals surface area contributed by atoms with Gasteiger partial charge in [-0.3, -0.25) is 0 Å². The molecule has 2 aliphatic rings. The molecule has 2 saturated carbocycles. The normalized spacial score (nSPS) is 19.6. The fourth-order valence-electron chi connectivity index (χ4n) is 3.23. The van der Waals surface area contributed by atoms with Crippen molar-refractivity contribution in [2.45, 2.75) is 70.9 Å². The summed E-state index contributed by atoms with van der Waals surface area (Å²) in [6.45, 7) is 6.62. The third-order valence-corrected chi connectivity index (χ3v) is 5.85. The minimum atomic E-state index is 0.711. The van der Waals surface area contributed by atoms with E-state index in [1.165, 1.54) is 54.2 Å². The Labute approximate surface area is 133 Å². The number of aromatic nitrogens is 1. The maximum absolute atomic E-state index is 5.02. The second-order valence-electron chi connectivity index (χ2n) is 7.15. The topological polar surface area (TPSA) is 28.2 Å². The number of nitrogens with one attached hydrogen (secondary N) is 1. The van der Waals surface area contributed by atoms with Gasteiger partial charge in [-0.05, 0) is 38.1 Å². The van der Waals surface area contributed by atoms with Gasteiger partial charge in [0.15, 0.2) is 5.13 Å². The molecular weight excluding hydrogens is 278 g/mol. The van der Waals surface area contributed by atoms with E-state index in [9.17, 15) is 0 Å². The Morgan fingerprint density at radius 1 is 1.24 bits per heavy atom. The third kappa shape index (κ3) is 3.78. The molecule has 3 rings (SSSR count). The fourth-order valence-corrected chi connectivity index (χ4v) is 4.37. The van der Waals surface area contributed by atoms with Gasteiger partial charge in [-0.15, -0.1) is 11.3 Å². The van der Waals surface area contributed by atoms with Crippen molar-refractivity contribution in [3.05, 3.63) is 10.6 Å². The lowest BCUT2D eigenvalue weighted by Gasteiger charge is -2.23. The van der Waals surface area contributed by atoms with Gasteiger partial charge in [0.2, 0.25) is 0 Å². The Hall–Kier alpha value is -0.610. The number of rotatable bonds is 7. The number of thiazole rings is 1. The lowest BCUT2D eigenvalue weighted by atomic mass is 10.2. The van der Waals surface area contributed by atoms with Gasteiger partial charge in [0.05, 0.1) is 5.69 Å². The summed E-state index contributed by atoms with van der Waals surface area (Å²) >= 11 is 1.93. The van der Waals surface area contributed by atoms with Crippen molar-refractivity contribution in [1.82, 2.24) is 10.3 Å². The average Bonchev–Trinajstić information content (AvgIpc) is 3.00. The number of anilines is 1. The first-order valence-electron chi connectivity index (χ1n) is 8.58. The molecular formula is C17H29N3S. The van der Waals surface area contributed by atoms with Crippen LogP contribution in [0.3, 0.4) is 0 Å². The number of nitrogens with zero attached hydrogens (tertiary/aromatic N) is 2. The molecule has 118 valence electrons. The van der Waals surface area contributed by atoms with Crippen molar-refractivity contribution in [2.24, 2.45) is 5.92 Å². The molecule has 0 atom stereocenters. The predicted molar refractivity (Wildman–Crippen MR) is 91.3 cm³/mol. The quantitative estimate of drug-likeness (QED) is 0.820. The van der Waals surface area contributed by atoms with Crippen molar-refractivity contribution in [2.75, 3.05) is 18.5 Å². The van der Waals surface area contributed by atoms with Crippen LogP contribution in [-0.4, -0.2) is 24.6 Å². The molecule has 2 aliphatic carbocycles. The Kier molecular flexibility index (Phi) is 4.85. The average molecular weight is 308 g/mol. The Balaban J connectivity index is 1.69. The second-order valence-corrected chi connectivity index (χ2v) is 8.22. The zero-order chi connectivity index (χ0) is 14.8. The number of hydrogen-bond donors (Lipinski definition) is 1. The lowest BCUT2D eigenvalue weighted by molar-refractivity contribution is 0.553. The standard InChI is InChI=1S/C17H29N3S/c1-12(2)10-18-11-15-16(13-8-9-13)19-17(21-15)20(3)14-6-4-5-7-14/h12-14,18H,4-11H2,1-3H3. The van der Waals surface area contributed by atoms with Crippen LogP contribution in [0.4, 0.5) is 5.13 Å².